The molecule has 0 fully saturated rings. The van der Waals surface area contributed by atoms with Crippen LogP contribution in [-0.4, -0.2) is 16.1 Å². The second-order valence-electron chi connectivity index (χ2n) is 4.39. The highest BCUT2D eigenvalue weighted by Gasteiger charge is 2.39. The summed E-state index contributed by atoms with van der Waals surface area (Å²) < 4.78 is 38.9. The van der Waals surface area contributed by atoms with Crippen molar-refractivity contribution in [3.8, 4) is 0 Å². The van der Waals surface area contributed by atoms with E-state index in [4.69, 9.17) is 5.11 Å². The van der Waals surface area contributed by atoms with Gasteiger partial charge in [0.1, 0.15) is 5.69 Å². The van der Waals surface area contributed by atoms with Crippen molar-refractivity contribution in [3.05, 3.63) is 47.7 Å². The standard InChI is InChI=1S/C14H8F3NO2/c15-14(16,17)12-11(13(19)20)10-8-4-2-1-3-7(8)5-6-9(10)18-12/h1-6,18H,(H,19,20). The maximum Gasteiger partial charge on any atom is 0.432 e. The van der Waals surface area contributed by atoms with Gasteiger partial charge in [0.15, 0.2) is 0 Å². The first-order valence-electron chi connectivity index (χ1n) is 5.73. The molecule has 3 nitrogen and oxygen atoms in total. The molecule has 2 aromatic carbocycles. The number of carboxylic acids is 1. The van der Waals surface area contributed by atoms with E-state index in [1.807, 2.05) is 0 Å². The minimum atomic E-state index is -4.74. The molecule has 1 aromatic heterocycles. The number of aromatic nitrogens is 1. The minimum Gasteiger partial charge on any atom is -0.478 e. The third-order valence-corrected chi connectivity index (χ3v) is 3.19. The highest BCUT2D eigenvalue weighted by molar-refractivity contribution is 6.16. The van der Waals surface area contributed by atoms with Crippen molar-refractivity contribution in [3.63, 3.8) is 0 Å². The molecule has 0 unspecified atom stereocenters. The van der Waals surface area contributed by atoms with Gasteiger partial charge < -0.3 is 10.1 Å². The Bertz CT molecular complexity index is 833. The van der Waals surface area contributed by atoms with Gasteiger partial charge in [-0.2, -0.15) is 13.2 Å². The molecular weight excluding hydrogens is 271 g/mol. The summed E-state index contributed by atoms with van der Waals surface area (Å²) in [5, 5.41) is 10.4. The van der Waals surface area contributed by atoms with Crippen molar-refractivity contribution in [2.24, 2.45) is 0 Å². The summed E-state index contributed by atoms with van der Waals surface area (Å²) in [6.07, 6.45) is -4.74. The zero-order valence-electron chi connectivity index (χ0n) is 9.95. The average Bonchev–Trinajstić information content (AvgIpc) is 2.78. The molecular formula is C14H8F3NO2. The van der Waals surface area contributed by atoms with Gasteiger partial charge >= 0.3 is 12.1 Å². The molecule has 0 amide bonds. The lowest BCUT2D eigenvalue weighted by atomic mass is 10.0. The predicted molar refractivity (Wildman–Crippen MR) is 67.8 cm³/mol. The van der Waals surface area contributed by atoms with Crippen LogP contribution in [0.1, 0.15) is 16.1 Å². The zero-order valence-corrected chi connectivity index (χ0v) is 9.95. The topological polar surface area (TPSA) is 53.1 Å². The van der Waals surface area contributed by atoms with Crippen molar-refractivity contribution < 1.29 is 23.1 Å². The molecule has 3 rings (SSSR count). The first-order valence-corrected chi connectivity index (χ1v) is 5.73. The molecule has 102 valence electrons. The van der Waals surface area contributed by atoms with Crippen LogP contribution in [0, 0.1) is 0 Å². The van der Waals surface area contributed by atoms with Crippen LogP contribution < -0.4 is 0 Å². The van der Waals surface area contributed by atoms with Crippen LogP contribution in [0.5, 0.6) is 0 Å². The summed E-state index contributed by atoms with van der Waals surface area (Å²) in [5.41, 5.74) is -1.80. The fraction of sp³-hybridized carbons (Fsp3) is 0.0714. The number of fused-ring (bicyclic) bond motifs is 3. The van der Waals surface area contributed by atoms with Gasteiger partial charge in [0.2, 0.25) is 0 Å². The number of hydrogen-bond donors (Lipinski definition) is 2. The third kappa shape index (κ3) is 1.72. The number of H-pyrrole nitrogens is 1. The normalized spacial score (nSPS) is 12.2. The third-order valence-electron chi connectivity index (χ3n) is 3.19. The smallest absolute Gasteiger partial charge is 0.432 e. The highest BCUT2D eigenvalue weighted by atomic mass is 19.4. The van der Waals surface area contributed by atoms with Crippen LogP contribution in [0.4, 0.5) is 13.2 Å². The summed E-state index contributed by atoms with van der Waals surface area (Å²) >= 11 is 0. The van der Waals surface area contributed by atoms with Crippen molar-refractivity contribution in [1.82, 2.24) is 4.98 Å². The van der Waals surface area contributed by atoms with Gasteiger partial charge in [-0.15, -0.1) is 0 Å². The fourth-order valence-electron chi connectivity index (χ4n) is 2.39. The number of benzene rings is 2. The van der Waals surface area contributed by atoms with E-state index in [-0.39, 0.29) is 10.9 Å². The van der Waals surface area contributed by atoms with Crippen LogP contribution in [0.2, 0.25) is 0 Å². The Kier molecular flexibility index (Phi) is 2.50. The number of aromatic carboxylic acids is 1. The lowest BCUT2D eigenvalue weighted by Gasteiger charge is -2.05. The molecule has 2 N–H and O–H groups in total. The van der Waals surface area contributed by atoms with Crippen LogP contribution in [0.25, 0.3) is 21.7 Å². The number of halogens is 3. The molecule has 0 saturated heterocycles. The number of carboxylic acid groups (broad SMARTS) is 1. The van der Waals surface area contributed by atoms with Crippen molar-refractivity contribution in [2.75, 3.05) is 0 Å². The summed E-state index contributed by atoms with van der Waals surface area (Å²) in [5.74, 6) is -1.60. The largest absolute Gasteiger partial charge is 0.478 e. The predicted octanol–water partition coefficient (Wildman–Crippen LogP) is 4.04. The van der Waals surface area contributed by atoms with Crippen molar-refractivity contribution >= 4 is 27.6 Å². The summed E-state index contributed by atoms with van der Waals surface area (Å²) in [7, 11) is 0. The molecule has 1 heterocycles. The summed E-state index contributed by atoms with van der Waals surface area (Å²) in [4.78, 5) is 13.4. The average molecular weight is 279 g/mol. The number of rotatable bonds is 1. The molecule has 20 heavy (non-hydrogen) atoms. The number of nitrogens with one attached hydrogen (secondary N) is 1. The van der Waals surface area contributed by atoms with Crippen LogP contribution in [0.15, 0.2) is 36.4 Å². The first-order chi connectivity index (χ1) is 9.39. The Morgan fingerprint density at radius 2 is 1.80 bits per heavy atom. The Labute approximate surface area is 110 Å². The molecule has 0 radical (unpaired) electrons. The van der Waals surface area contributed by atoms with E-state index in [2.05, 4.69) is 4.98 Å². The van der Waals surface area contributed by atoms with Crippen molar-refractivity contribution in [1.29, 1.82) is 0 Å². The summed E-state index contributed by atoms with van der Waals surface area (Å²) in [6.45, 7) is 0. The molecule has 0 bridgehead atoms. The van der Waals surface area contributed by atoms with Gasteiger partial charge in [-0.1, -0.05) is 30.3 Å². The van der Waals surface area contributed by atoms with Crippen LogP contribution in [-0.2, 0) is 6.18 Å². The number of hydrogen-bond acceptors (Lipinski definition) is 1. The van der Waals surface area contributed by atoms with E-state index in [0.717, 1.165) is 0 Å². The SMILES string of the molecule is O=C(O)c1c(C(F)(F)F)[nH]c2ccc3ccccc3c12. The Morgan fingerprint density at radius 3 is 2.45 bits per heavy atom. The van der Waals surface area contributed by atoms with Gasteiger partial charge in [-0.3, -0.25) is 0 Å². The Morgan fingerprint density at radius 1 is 1.10 bits per heavy atom. The van der Waals surface area contributed by atoms with Gasteiger partial charge in [0, 0.05) is 10.9 Å². The lowest BCUT2D eigenvalue weighted by Crippen LogP contribution is -2.11. The quantitative estimate of drug-likeness (QED) is 0.706. The number of alkyl halides is 3. The number of carbonyl (C=O) groups is 1. The number of aromatic amines is 1. The monoisotopic (exact) mass is 279 g/mol. The molecule has 0 aliphatic rings. The second-order valence-corrected chi connectivity index (χ2v) is 4.39. The molecule has 0 spiro atoms. The minimum absolute atomic E-state index is 0.0860. The van der Waals surface area contributed by atoms with E-state index < -0.39 is 23.4 Å². The van der Waals surface area contributed by atoms with E-state index in [0.29, 0.717) is 10.8 Å². The van der Waals surface area contributed by atoms with Crippen LogP contribution in [0.3, 0.4) is 0 Å². The maximum absolute atomic E-state index is 13.0. The van der Waals surface area contributed by atoms with E-state index in [1.54, 1.807) is 30.3 Å². The second kappa shape index (κ2) is 4.00. The van der Waals surface area contributed by atoms with Crippen molar-refractivity contribution in [2.45, 2.75) is 6.18 Å². The Balaban J connectivity index is 2.54. The molecule has 0 saturated carbocycles. The zero-order chi connectivity index (χ0) is 14.5. The molecule has 6 heteroatoms. The van der Waals surface area contributed by atoms with Gasteiger partial charge in [0.05, 0.1) is 5.56 Å². The van der Waals surface area contributed by atoms with E-state index >= 15 is 0 Å². The fourth-order valence-corrected chi connectivity index (χ4v) is 2.39. The Hall–Kier alpha value is -2.50. The van der Waals surface area contributed by atoms with Gasteiger partial charge in [0.25, 0.3) is 0 Å². The molecule has 0 aliphatic heterocycles. The van der Waals surface area contributed by atoms with Gasteiger partial charge in [-0.05, 0) is 16.8 Å². The lowest BCUT2D eigenvalue weighted by molar-refractivity contribution is -0.141. The molecule has 0 aliphatic carbocycles. The van der Waals surface area contributed by atoms with Gasteiger partial charge in [-0.25, -0.2) is 4.79 Å². The molecule has 0 atom stereocenters. The van der Waals surface area contributed by atoms with E-state index in [9.17, 15) is 18.0 Å². The highest BCUT2D eigenvalue weighted by Crippen LogP contribution is 2.38. The molecule has 3 aromatic rings. The summed E-state index contributed by atoms with van der Waals surface area (Å²) in [6, 6.07) is 9.84. The van der Waals surface area contributed by atoms with Crippen LogP contribution >= 0.6 is 0 Å². The maximum atomic E-state index is 13.0. The van der Waals surface area contributed by atoms with E-state index in [1.165, 1.54) is 6.07 Å². The first kappa shape index (κ1) is 12.5.